The molecular formula is C13H14FN. The van der Waals surface area contributed by atoms with E-state index >= 15 is 0 Å². The zero-order chi connectivity index (χ0) is 10.8. The number of rotatable bonds is 2. The van der Waals surface area contributed by atoms with Crippen LogP contribution in [0.15, 0.2) is 36.4 Å². The Bertz CT molecular complexity index is 440. The van der Waals surface area contributed by atoms with Gasteiger partial charge in [0.05, 0.1) is 0 Å². The van der Waals surface area contributed by atoms with Crippen LogP contribution >= 0.6 is 0 Å². The van der Waals surface area contributed by atoms with Gasteiger partial charge in [-0.05, 0) is 47.9 Å². The standard InChI is InChI=1S/C13H14FN/c1-9(2)12-7-8-13(15-12)10-3-5-11(14)6-4-10/h3-9,15H,1-2H3. The van der Waals surface area contributed by atoms with Crippen LogP contribution in [0.4, 0.5) is 4.39 Å². The van der Waals surface area contributed by atoms with Gasteiger partial charge in [0.25, 0.3) is 0 Å². The van der Waals surface area contributed by atoms with Gasteiger partial charge in [0.1, 0.15) is 5.82 Å². The van der Waals surface area contributed by atoms with E-state index in [1.54, 1.807) is 12.1 Å². The Hall–Kier alpha value is -1.57. The molecule has 0 aliphatic rings. The summed E-state index contributed by atoms with van der Waals surface area (Å²) in [6.45, 7) is 4.28. The summed E-state index contributed by atoms with van der Waals surface area (Å²) in [5, 5.41) is 0. The van der Waals surface area contributed by atoms with E-state index in [9.17, 15) is 4.39 Å². The van der Waals surface area contributed by atoms with Crippen LogP contribution in [0.25, 0.3) is 11.3 Å². The van der Waals surface area contributed by atoms with E-state index in [0.717, 1.165) is 11.3 Å². The molecule has 15 heavy (non-hydrogen) atoms. The number of H-pyrrole nitrogens is 1. The molecule has 2 rings (SSSR count). The lowest BCUT2D eigenvalue weighted by molar-refractivity contribution is 0.628. The fourth-order valence-corrected chi connectivity index (χ4v) is 1.55. The predicted octanol–water partition coefficient (Wildman–Crippen LogP) is 3.94. The number of hydrogen-bond donors (Lipinski definition) is 1. The number of hydrogen-bond acceptors (Lipinski definition) is 0. The summed E-state index contributed by atoms with van der Waals surface area (Å²) in [5.74, 6) is 0.286. The zero-order valence-corrected chi connectivity index (χ0v) is 8.92. The third kappa shape index (κ3) is 2.09. The molecule has 1 N–H and O–H groups in total. The first-order chi connectivity index (χ1) is 7.16. The van der Waals surface area contributed by atoms with Gasteiger partial charge in [0.2, 0.25) is 0 Å². The molecule has 0 unspecified atom stereocenters. The SMILES string of the molecule is CC(C)c1ccc(-c2ccc(F)cc2)[nH]1. The van der Waals surface area contributed by atoms with E-state index in [1.807, 2.05) is 6.07 Å². The molecule has 1 aromatic carbocycles. The van der Waals surface area contributed by atoms with Crippen molar-refractivity contribution in [2.75, 3.05) is 0 Å². The molecule has 2 aromatic rings. The fourth-order valence-electron chi connectivity index (χ4n) is 1.55. The number of nitrogens with one attached hydrogen (secondary N) is 1. The molecule has 0 bridgehead atoms. The molecule has 0 saturated heterocycles. The Labute approximate surface area is 89.0 Å². The van der Waals surface area contributed by atoms with E-state index in [4.69, 9.17) is 0 Å². The van der Waals surface area contributed by atoms with Crippen LogP contribution in [-0.2, 0) is 0 Å². The molecule has 1 heterocycles. The Balaban J connectivity index is 2.33. The zero-order valence-electron chi connectivity index (χ0n) is 8.92. The summed E-state index contributed by atoms with van der Waals surface area (Å²) in [5.41, 5.74) is 3.26. The quantitative estimate of drug-likeness (QED) is 0.760. The molecule has 0 fully saturated rings. The number of aromatic amines is 1. The largest absolute Gasteiger partial charge is 0.358 e. The van der Waals surface area contributed by atoms with E-state index in [2.05, 4.69) is 24.9 Å². The second-order valence-corrected chi connectivity index (χ2v) is 3.99. The van der Waals surface area contributed by atoms with Gasteiger partial charge in [-0.1, -0.05) is 13.8 Å². The minimum absolute atomic E-state index is 0.200. The Morgan fingerprint density at radius 2 is 1.67 bits per heavy atom. The molecular weight excluding hydrogens is 189 g/mol. The highest BCUT2D eigenvalue weighted by atomic mass is 19.1. The highest BCUT2D eigenvalue weighted by molar-refractivity contribution is 5.59. The summed E-state index contributed by atoms with van der Waals surface area (Å²) >= 11 is 0. The van der Waals surface area contributed by atoms with Crippen molar-refractivity contribution < 1.29 is 4.39 Å². The van der Waals surface area contributed by atoms with Crippen molar-refractivity contribution >= 4 is 0 Å². The van der Waals surface area contributed by atoms with Crippen LogP contribution in [0, 0.1) is 5.82 Å². The maximum atomic E-state index is 12.7. The van der Waals surface area contributed by atoms with Crippen molar-refractivity contribution in [3.05, 3.63) is 47.9 Å². The van der Waals surface area contributed by atoms with Crippen LogP contribution < -0.4 is 0 Å². The summed E-state index contributed by atoms with van der Waals surface area (Å²) in [7, 11) is 0. The lowest BCUT2D eigenvalue weighted by Gasteiger charge is -2.01. The van der Waals surface area contributed by atoms with Crippen LogP contribution in [-0.4, -0.2) is 4.98 Å². The summed E-state index contributed by atoms with van der Waals surface area (Å²) < 4.78 is 12.7. The van der Waals surface area contributed by atoms with Crippen LogP contribution in [0.1, 0.15) is 25.5 Å². The molecule has 0 atom stereocenters. The highest BCUT2D eigenvalue weighted by Crippen LogP contribution is 2.22. The topological polar surface area (TPSA) is 15.8 Å². The van der Waals surface area contributed by atoms with Crippen molar-refractivity contribution in [2.45, 2.75) is 19.8 Å². The Morgan fingerprint density at radius 1 is 1.00 bits per heavy atom. The Kier molecular flexibility index (Phi) is 2.58. The third-order valence-corrected chi connectivity index (χ3v) is 2.49. The molecule has 78 valence electrons. The number of halogens is 1. The first-order valence-electron chi connectivity index (χ1n) is 5.11. The van der Waals surface area contributed by atoms with E-state index in [1.165, 1.54) is 17.8 Å². The third-order valence-electron chi connectivity index (χ3n) is 2.49. The van der Waals surface area contributed by atoms with Gasteiger partial charge in [0.15, 0.2) is 0 Å². The maximum absolute atomic E-state index is 12.7. The number of benzene rings is 1. The van der Waals surface area contributed by atoms with Crippen molar-refractivity contribution in [3.63, 3.8) is 0 Å². The first-order valence-corrected chi connectivity index (χ1v) is 5.11. The second kappa shape index (κ2) is 3.89. The smallest absolute Gasteiger partial charge is 0.123 e. The lowest BCUT2D eigenvalue weighted by atomic mass is 10.1. The van der Waals surface area contributed by atoms with Crippen molar-refractivity contribution in [1.82, 2.24) is 4.98 Å². The summed E-state index contributed by atoms with van der Waals surface area (Å²) in [6.07, 6.45) is 0. The van der Waals surface area contributed by atoms with Crippen LogP contribution in [0.5, 0.6) is 0 Å². The van der Waals surface area contributed by atoms with Gasteiger partial charge >= 0.3 is 0 Å². The molecule has 0 spiro atoms. The van der Waals surface area contributed by atoms with Crippen molar-refractivity contribution in [2.24, 2.45) is 0 Å². The molecule has 1 nitrogen and oxygen atoms in total. The molecule has 2 heteroatoms. The van der Waals surface area contributed by atoms with Crippen molar-refractivity contribution in [1.29, 1.82) is 0 Å². The highest BCUT2D eigenvalue weighted by Gasteiger charge is 2.04. The van der Waals surface area contributed by atoms with Gasteiger partial charge in [-0.15, -0.1) is 0 Å². The summed E-state index contributed by atoms with van der Waals surface area (Å²) in [6, 6.07) is 10.6. The fraction of sp³-hybridized carbons (Fsp3) is 0.231. The van der Waals surface area contributed by atoms with Gasteiger partial charge in [-0.2, -0.15) is 0 Å². The van der Waals surface area contributed by atoms with Gasteiger partial charge < -0.3 is 4.98 Å². The van der Waals surface area contributed by atoms with E-state index < -0.39 is 0 Å². The monoisotopic (exact) mass is 203 g/mol. The lowest BCUT2D eigenvalue weighted by Crippen LogP contribution is -1.86. The van der Waals surface area contributed by atoms with E-state index in [-0.39, 0.29) is 5.82 Å². The summed E-state index contributed by atoms with van der Waals surface area (Å²) in [4.78, 5) is 3.33. The van der Waals surface area contributed by atoms with Gasteiger partial charge in [-0.3, -0.25) is 0 Å². The average Bonchev–Trinajstić information content (AvgIpc) is 2.68. The van der Waals surface area contributed by atoms with Gasteiger partial charge in [-0.25, -0.2) is 4.39 Å². The van der Waals surface area contributed by atoms with Crippen LogP contribution in [0.3, 0.4) is 0 Å². The minimum atomic E-state index is -0.200. The molecule has 0 aliphatic carbocycles. The average molecular weight is 203 g/mol. The number of aromatic nitrogens is 1. The van der Waals surface area contributed by atoms with Crippen molar-refractivity contribution in [3.8, 4) is 11.3 Å². The predicted molar refractivity (Wildman–Crippen MR) is 60.3 cm³/mol. The molecule has 0 radical (unpaired) electrons. The molecule has 0 amide bonds. The molecule has 0 aliphatic heterocycles. The molecule has 1 aromatic heterocycles. The minimum Gasteiger partial charge on any atom is -0.358 e. The molecule has 0 saturated carbocycles. The van der Waals surface area contributed by atoms with Crippen LogP contribution in [0.2, 0.25) is 0 Å². The second-order valence-electron chi connectivity index (χ2n) is 3.99. The Morgan fingerprint density at radius 3 is 2.20 bits per heavy atom. The maximum Gasteiger partial charge on any atom is 0.123 e. The van der Waals surface area contributed by atoms with Gasteiger partial charge in [0, 0.05) is 11.4 Å². The van der Waals surface area contributed by atoms with E-state index in [0.29, 0.717) is 5.92 Å². The normalized spacial score (nSPS) is 10.9. The first kappa shape index (κ1) is 9.97.